The minimum Gasteiger partial charge on any atom is -0.456 e. The SMILES string of the molecule is Cc1cc2c3c(c1)N(c1ccc(C(C)(C)C)cc1-c1ccccc1)c1cc4c(cc1B3c1cc(-c3cccc5oc6ccccc6c35)ccc1N2c1ccc(C(C)(C)C)cc1C)C(C)(C)CCC4(C)C. The number of furan rings is 1. The summed E-state index contributed by atoms with van der Waals surface area (Å²) in [5.41, 5.74) is 26.3. The minimum atomic E-state index is -0.0438. The van der Waals surface area contributed by atoms with Gasteiger partial charge in [0, 0.05) is 44.8 Å². The lowest BCUT2D eigenvalue weighted by Crippen LogP contribution is -2.62. The number of rotatable bonds is 4. The van der Waals surface area contributed by atoms with E-state index < -0.39 is 0 Å². The minimum absolute atomic E-state index is 0.0131. The van der Waals surface area contributed by atoms with Crippen molar-refractivity contribution in [1.82, 2.24) is 0 Å². The zero-order chi connectivity index (χ0) is 48.8. The van der Waals surface area contributed by atoms with E-state index in [1.807, 2.05) is 0 Å². The molecule has 0 unspecified atom stereocenters. The molecule has 8 aromatic carbocycles. The fraction of sp³-hybridized carbons (Fsp3) is 0.273. The van der Waals surface area contributed by atoms with Crippen LogP contribution in [0.1, 0.15) is 115 Å². The van der Waals surface area contributed by atoms with Gasteiger partial charge in [0.25, 0.3) is 6.71 Å². The van der Waals surface area contributed by atoms with Gasteiger partial charge in [-0.3, -0.25) is 0 Å². The highest BCUT2D eigenvalue weighted by atomic mass is 16.3. The standard InChI is InChI=1S/C66H65BN2O/c1-40-33-57-62-58(34-40)69(54-30-27-45(64(6,7)8)37-48(54)42-19-14-13-15-20-42)56-39-50-49(65(9,10)31-32-66(50,11)12)38-52(56)67(62)51-36-43(46-22-18-24-60-61(46)47-21-16-17-23-59(47)70-60)25-28-55(51)68(57)53-29-26-44(35-41(53)2)63(3,4)5/h13-30,33-39H,31-32H2,1-12H3. The van der Waals surface area contributed by atoms with Crippen molar-refractivity contribution in [2.24, 2.45) is 0 Å². The van der Waals surface area contributed by atoms with Crippen molar-refractivity contribution < 1.29 is 4.42 Å². The molecular weight excluding hydrogens is 848 g/mol. The van der Waals surface area contributed by atoms with Crippen LogP contribution in [0.4, 0.5) is 34.1 Å². The summed E-state index contributed by atoms with van der Waals surface area (Å²) >= 11 is 0. The Balaban J connectivity index is 1.21. The summed E-state index contributed by atoms with van der Waals surface area (Å²) in [6, 6.07) is 58.1. The van der Waals surface area contributed by atoms with Crippen molar-refractivity contribution in [3.63, 3.8) is 0 Å². The van der Waals surface area contributed by atoms with Crippen LogP contribution in [-0.2, 0) is 21.7 Å². The molecule has 1 aliphatic carbocycles. The summed E-state index contributed by atoms with van der Waals surface area (Å²) < 4.78 is 6.52. The largest absolute Gasteiger partial charge is 0.456 e. The van der Waals surface area contributed by atoms with Crippen molar-refractivity contribution in [3.8, 4) is 22.3 Å². The van der Waals surface area contributed by atoms with Crippen LogP contribution >= 0.6 is 0 Å². The molecule has 0 atom stereocenters. The van der Waals surface area contributed by atoms with Crippen LogP contribution in [0.3, 0.4) is 0 Å². The Bertz CT molecular complexity index is 3610. The molecule has 0 saturated carbocycles. The first-order valence-electron chi connectivity index (χ1n) is 25.6. The molecule has 12 rings (SSSR count). The molecule has 3 heterocycles. The van der Waals surface area contributed by atoms with Gasteiger partial charge in [-0.15, -0.1) is 0 Å². The van der Waals surface area contributed by atoms with Crippen LogP contribution in [0.5, 0.6) is 0 Å². The summed E-state index contributed by atoms with van der Waals surface area (Å²) in [6.07, 6.45) is 2.29. The van der Waals surface area contributed by atoms with Crippen LogP contribution in [0, 0.1) is 13.8 Å². The maximum Gasteiger partial charge on any atom is 0.252 e. The molecule has 70 heavy (non-hydrogen) atoms. The Kier molecular flexibility index (Phi) is 9.75. The van der Waals surface area contributed by atoms with Crippen molar-refractivity contribution in [2.45, 2.75) is 118 Å². The molecule has 0 fully saturated rings. The Labute approximate surface area is 416 Å². The summed E-state index contributed by atoms with van der Waals surface area (Å²) in [5, 5.41) is 2.31. The number of benzene rings is 8. The average Bonchev–Trinajstić information content (AvgIpc) is 3.71. The van der Waals surface area contributed by atoms with Gasteiger partial charge in [-0.1, -0.05) is 166 Å². The third-order valence-electron chi connectivity index (χ3n) is 16.4. The molecule has 0 saturated heterocycles. The molecule has 0 bridgehead atoms. The van der Waals surface area contributed by atoms with Gasteiger partial charge in [-0.2, -0.15) is 0 Å². The number of hydrogen-bond acceptors (Lipinski definition) is 3. The molecule has 0 radical (unpaired) electrons. The summed E-state index contributed by atoms with van der Waals surface area (Å²) in [5.74, 6) is 0. The van der Waals surface area contributed by atoms with Crippen molar-refractivity contribution >= 4 is 79.2 Å². The van der Waals surface area contributed by atoms with Gasteiger partial charge in [-0.05, 0) is 169 Å². The maximum atomic E-state index is 6.52. The lowest BCUT2D eigenvalue weighted by molar-refractivity contribution is 0.332. The molecule has 9 aromatic rings. The van der Waals surface area contributed by atoms with Crippen LogP contribution in [-0.4, -0.2) is 6.71 Å². The topological polar surface area (TPSA) is 19.6 Å². The van der Waals surface area contributed by atoms with Crippen molar-refractivity contribution in [1.29, 1.82) is 0 Å². The number of fused-ring (bicyclic) bond motifs is 8. The molecular formula is C66H65BN2O. The van der Waals surface area contributed by atoms with Crippen LogP contribution in [0.25, 0.3) is 44.2 Å². The zero-order valence-electron chi connectivity index (χ0n) is 43.2. The maximum absolute atomic E-state index is 6.52. The first kappa shape index (κ1) is 44.4. The van der Waals surface area contributed by atoms with E-state index in [4.69, 9.17) is 4.42 Å². The number of aryl methyl sites for hydroxylation is 2. The lowest BCUT2D eigenvalue weighted by Gasteiger charge is -2.48. The quantitative estimate of drug-likeness (QED) is 0.164. The van der Waals surface area contributed by atoms with Gasteiger partial charge in [0.15, 0.2) is 0 Å². The van der Waals surface area contributed by atoms with Crippen molar-refractivity contribution in [3.05, 3.63) is 185 Å². The first-order valence-corrected chi connectivity index (χ1v) is 25.6. The predicted molar refractivity (Wildman–Crippen MR) is 301 cm³/mol. The van der Waals surface area contributed by atoms with E-state index >= 15 is 0 Å². The van der Waals surface area contributed by atoms with E-state index in [-0.39, 0.29) is 28.4 Å². The van der Waals surface area contributed by atoms with Crippen molar-refractivity contribution in [2.75, 3.05) is 9.80 Å². The van der Waals surface area contributed by atoms with Gasteiger partial charge in [0.1, 0.15) is 11.2 Å². The summed E-state index contributed by atoms with van der Waals surface area (Å²) in [7, 11) is 0. The molecule has 348 valence electrons. The molecule has 3 nitrogen and oxygen atoms in total. The Morgan fingerprint density at radius 3 is 1.74 bits per heavy atom. The fourth-order valence-corrected chi connectivity index (χ4v) is 12.3. The van der Waals surface area contributed by atoms with Crippen LogP contribution < -0.4 is 26.2 Å². The second-order valence-electron chi connectivity index (χ2n) is 24.2. The third kappa shape index (κ3) is 6.84. The third-order valence-corrected chi connectivity index (χ3v) is 16.4. The molecule has 0 spiro atoms. The van der Waals surface area contributed by atoms with Gasteiger partial charge in [-0.25, -0.2) is 0 Å². The second-order valence-corrected chi connectivity index (χ2v) is 24.2. The van der Waals surface area contributed by atoms with E-state index in [2.05, 4.69) is 245 Å². The highest BCUT2D eigenvalue weighted by molar-refractivity contribution is 7.00. The van der Waals surface area contributed by atoms with Crippen LogP contribution in [0.2, 0.25) is 0 Å². The summed E-state index contributed by atoms with van der Waals surface area (Å²) in [4.78, 5) is 5.28. The highest BCUT2D eigenvalue weighted by Gasteiger charge is 2.47. The Morgan fingerprint density at radius 1 is 0.471 bits per heavy atom. The van der Waals surface area contributed by atoms with Crippen LogP contribution in [0.15, 0.2) is 156 Å². The molecule has 2 aliphatic heterocycles. The van der Waals surface area contributed by atoms with Gasteiger partial charge in [0.05, 0.1) is 5.69 Å². The smallest absolute Gasteiger partial charge is 0.252 e. The predicted octanol–water partition coefficient (Wildman–Crippen LogP) is 16.6. The number of anilines is 6. The fourth-order valence-electron chi connectivity index (χ4n) is 12.3. The molecule has 0 N–H and O–H groups in total. The Morgan fingerprint density at radius 2 is 1.06 bits per heavy atom. The normalized spacial score (nSPS) is 15.7. The van der Waals surface area contributed by atoms with E-state index in [0.717, 1.165) is 34.8 Å². The highest BCUT2D eigenvalue weighted by Crippen LogP contribution is 2.52. The Hall–Kier alpha value is -6.78. The number of nitrogens with zero attached hydrogens (tertiary/aromatic N) is 2. The molecule has 4 heteroatoms. The number of hydrogen-bond donors (Lipinski definition) is 0. The molecule has 0 amide bonds. The lowest BCUT2D eigenvalue weighted by atomic mass is 9.33. The van der Waals surface area contributed by atoms with Gasteiger partial charge in [0.2, 0.25) is 0 Å². The molecule has 1 aromatic heterocycles. The van der Waals surface area contributed by atoms with E-state index in [1.54, 1.807) is 0 Å². The number of para-hydroxylation sites is 1. The monoisotopic (exact) mass is 913 g/mol. The van der Waals surface area contributed by atoms with Gasteiger partial charge >= 0.3 is 0 Å². The van der Waals surface area contributed by atoms with Gasteiger partial charge < -0.3 is 14.2 Å². The molecule has 3 aliphatic rings. The zero-order valence-corrected chi connectivity index (χ0v) is 43.2. The second kappa shape index (κ2) is 15.4. The first-order chi connectivity index (χ1) is 33.3. The van der Waals surface area contributed by atoms with E-state index in [9.17, 15) is 0 Å². The van der Waals surface area contributed by atoms with E-state index in [1.165, 1.54) is 106 Å². The van der Waals surface area contributed by atoms with E-state index in [0.29, 0.717) is 0 Å². The summed E-state index contributed by atoms with van der Waals surface area (Å²) in [6.45, 7) is 28.4. The average molecular weight is 913 g/mol.